The maximum Gasteiger partial charge on any atom is 0.319 e. The molecule has 0 aliphatic carbocycles. The molecule has 24 heavy (non-hydrogen) atoms. The molecular weight excluding hydrogens is 312 g/mol. The van der Waals surface area contributed by atoms with Crippen LogP contribution in [0.5, 0.6) is 17.6 Å². The number of carbonyl (C=O) groups is 1. The third-order valence-corrected chi connectivity index (χ3v) is 3.65. The second kappa shape index (κ2) is 6.61. The Bertz CT molecular complexity index is 743. The molecule has 1 aliphatic heterocycles. The normalized spacial score (nSPS) is 13.1. The first kappa shape index (κ1) is 15.9. The summed E-state index contributed by atoms with van der Waals surface area (Å²) in [6.07, 6.45) is 0. The van der Waals surface area contributed by atoms with E-state index < -0.39 is 0 Å². The minimum Gasteiger partial charge on any atom is -0.481 e. The highest BCUT2D eigenvalue weighted by molar-refractivity contribution is 6.01. The summed E-state index contributed by atoms with van der Waals surface area (Å²) in [5, 5.41) is 3.27. The summed E-state index contributed by atoms with van der Waals surface area (Å²) in [5.74, 6) is 0.992. The molecule has 0 atom stereocenters. The molecule has 0 radical (unpaired) electrons. The molecule has 1 N–H and O–H groups in total. The zero-order valence-corrected chi connectivity index (χ0v) is 13.7. The van der Waals surface area contributed by atoms with Crippen LogP contribution in [0.1, 0.15) is 5.69 Å². The molecule has 2 heterocycles. The van der Waals surface area contributed by atoms with Gasteiger partial charge in [0.05, 0.1) is 32.1 Å². The van der Waals surface area contributed by atoms with E-state index in [1.807, 2.05) is 18.2 Å². The average Bonchev–Trinajstić information content (AvgIpc) is 2.62. The Hall–Kier alpha value is -3.03. The molecule has 0 spiro atoms. The molecule has 0 saturated heterocycles. The van der Waals surface area contributed by atoms with Crippen molar-refractivity contribution >= 4 is 17.3 Å². The standard InChI is InChI=1S/C16H18N4O4/c1-20-14(21)9-24-12-6-4-5-11(15(12)20)17-8-10-7-13(22-2)19-16(18-10)23-3/h4-7,17H,8-9H2,1-3H3. The van der Waals surface area contributed by atoms with Gasteiger partial charge < -0.3 is 24.4 Å². The zero-order valence-electron chi connectivity index (χ0n) is 13.7. The summed E-state index contributed by atoms with van der Waals surface area (Å²) < 4.78 is 15.7. The summed E-state index contributed by atoms with van der Waals surface area (Å²) in [5.41, 5.74) is 2.18. The van der Waals surface area contributed by atoms with Crippen LogP contribution in [-0.2, 0) is 11.3 Å². The SMILES string of the molecule is COc1cc(CNc2cccc3c2N(C)C(=O)CO3)nc(OC)n1. The third kappa shape index (κ3) is 3.03. The fourth-order valence-corrected chi connectivity index (χ4v) is 2.41. The van der Waals surface area contributed by atoms with Gasteiger partial charge in [0, 0.05) is 13.1 Å². The van der Waals surface area contributed by atoms with Gasteiger partial charge in [-0.1, -0.05) is 6.07 Å². The fourth-order valence-electron chi connectivity index (χ4n) is 2.41. The number of para-hydroxylation sites is 1. The van der Waals surface area contributed by atoms with Crippen molar-refractivity contribution in [3.05, 3.63) is 30.0 Å². The number of carbonyl (C=O) groups excluding carboxylic acids is 1. The highest BCUT2D eigenvalue weighted by Gasteiger charge is 2.24. The first-order valence-electron chi connectivity index (χ1n) is 7.34. The number of hydrogen-bond acceptors (Lipinski definition) is 7. The van der Waals surface area contributed by atoms with Gasteiger partial charge in [0.15, 0.2) is 6.61 Å². The largest absolute Gasteiger partial charge is 0.481 e. The van der Waals surface area contributed by atoms with Gasteiger partial charge in [-0.05, 0) is 12.1 Å². The third-order valence-electron chi connectivity index (χ3n) is 3.65. The number of nitrogens with zero attached hydrogens (tertiary/aromatic N) is 3. The van der Waals surface area contributed by atoms with Crippen LogP contribution in [0.15, 0.2) is 24.3 Å². The van der Waals surface area contributed by atoms with Crippen LogP contribution in [0.3, 0.4) is 0 Å². The number of hydrogen-bond donors (Lipinski definition) is 1. The zero-order chi connectivity index (χ0) is 17.1. The highest BCUT2D eigenvalue weighted by Crippen LogP contribution is 2.38. The average molecular weight is 330 g/mol. The lowest BCUT2D eigenvalue weighted by atomic mass is 10.2. The number of aromatic nitrogens is 2. The smallest absolute Gasteiger partial charge is 0.319 e. The molecule has 1 amide bonds. The second-order valence-electron chi connectivity index (χ2n) is 5.14. The Balaban J connectivity index is 1.84. The molecule has 2 aromatic rings. The van der Waals surface area contributed by atoms with Gasteiger partial charge in [-0.3, -0.25) is 4.79 Å². The van der Waals surface area contributed by atoms with Crippen molar-refractivity contribution in [1.29, 1.82) is 0 Å². The molecule has 8 nitrogen and oxygen atoms in total. The van der Waals surface area contributed by atoms with E-state index in [0.717, 1.165) is 5.69 Å². The molecule has 0 bridgehead atoms. The number of methoxy groups -OCH3 is 2. The molecule has 0 saturated carbocycles. The van der Waals surface area contributed by atoms with E-state index in [2.05, 4.69) is 15.3 Å². The Morgan fingerprint density at radius 1 is 1.29 bits per heavy atom. The quantitative estimate of drug-likeness (QED) is 0.888. The van der Waals surface area contributed by atoms with E-state index in [9.17, 15) is 4.79 Å². The van der Waals surface area contributed by atoms with Crippen molar-refractivity contribution < 1.29 is 19.0 Å². The summed E-state index contributed by atoms with van der Waals surface area (Å²) in [7, 11) is 4.76. The van der Waals surface area contributed by atoms with Gasteiger partial charge in [0.1, 0.15) is 11.4 Å². The molecule has 8 heteroatoms. The summed E-state index contributed by atoms with van der Waals surface area (Å²) in [6.45, 7) is 0.459. The Morgan fingerprint density at radius 3 is 2.88 bits per heavy atom. The maximum absolute atomic E-state index is 11.9. The van der Waals surface area contributed by atoms with E-state index in [-0.39, 0.29) is 18.5 Å². The minimum absolute atomic E-state index is 0.0489. The maximum atomic E-state index is 11.9. The topological polar surface area (TPSA) is 85.8 Å². The van der Waals surface area contributed by atoms with Crippen molar-refractivity contribution in [3.63, 3.8) is 0 Å². The monoisotopic (exact) mass is 330 g/mol. The first-order chi connectivity index (χ1) is 11.6. The number of anilines is 2. The van der Waals surface area contributed by atoms with Crippen molar-refractivity contribution in [2.45, 2.75) is 6.54 Å². The Kier molecular flexibility index (Phi) is 4.37. The van der Waals surface area contributed by atoms with Gasteiger partial charge in [0.25, 0.3) is 5.91 Å². The van der Waals surface area contributed by atoms with E-state index in [4.69, 9.17) is 14.2 Å². The predicted octanol–water partition coefficient (Wildman–Crippen LogP) is 1.46. The van der Waals surface area contributed by atoms with Crippen LogP contribution in [0, 0.1) is 0 Å². The minimum atomic E-state index is -0.0953. The van der Waals surface area contributed by atoms with Crippen LogP contribution in [0.25, 0.3) is 0 Å². The number of amides is 1. The van der Waals surface area contributed by atoms with Gasteiger partial charge in [-0.2, -0.15) is 9.97 Å². The lowest BCUT2D eigenvalue weighted by molar-refractivity contribution is -0.120. The predicted molar refractivity (Wildman–Crippen MR) is 87.8 cm³/mol. The molecule has 0 fully saturated rings. The molecular formula is C16H18N4O4. The molecule has 1 aromatic carbocycles. The van der Waals surface area contributed by atoms with E-state index in [1.165, 1.54) is 14.2 Å². The van der Waals surface area contributed by atoms with Crippen molar-refractivity contribution in [2.24, 2.45) is 0 Å². The van der Waals surface area contributed by atoms with Crippen LogP contribution in [0.4, 0.5) is 11.4 Å². The summed E-state index contributed by atoms with van der Waals surface area (Å²) in [4.78, 5) is 21.8. The lowest BCUT2D eigenvalue weighted by Crippen LogP contribution is -2.36. The van der Waals surface area contributed by atoms with Crippen molar-refractivity contribution in [2.75, 3.05) is 38.1 Å². The summed E-state index contributed by atoms with van der Waals surface area (Å²) in [6, 6.07) is 7.53. The number of rotatable bonds is 5. The number of benzene rings is 1. The van der Waals surface area contributed by atoms with Gasteiger partial charge in [0.2, 0.25) is 5.88 Å². The first-order valence-corrected chi connectivity index (χ1v) is 7.34. The number of ether oxygens (including phenoxy) is 3. The molecule has 126 valence electrons. The molecule has 1 aromatic heterocycles. The number of likely N-dealkylation sites (N-methyl/N-ethyl adjacent to an activating group) is 1. The van der Waals surface area contributed by atoms with Gasteiger partial charge in [-0.15, -0.1) is 0 Å². The van der Waals surface area contributed by atoms with E-state index in [1.54, 1.807) is 18.0 Å². The fraction of sp³-hybridized carbons (Fsp3) is 0.312. The van der Waals surface area contributed by atoms with Crippen molar-refractivity contribution in [3.8, 4) is 17.6 Å². The number of fused-ring (bicyclic) bond motifs is 1. The molecule has 3 rings (SSSR count). The van der Waals surface area contributed by atoms with Crippen molar-refractivity contribution in [1.82, 2.24) is 9.97 Å². The summed E-state index contributed by atoms with van der Waals surface area (Å²) >= 11 is 0. The van der Waals surface area contributed by atoms with Crippen LogP contribution >= 0.6 is 0 Å². The van der Waals surface area contributed by atoms with E-state index >= 15 is 0 Å². The highest BCUT2D eigenvalue weighted by atomic mass is 16.5. The second-order valence-corrected chi connectivity index (χ2v) is 5.14. The van der Waals surface area contributed by atoms with Crippen LogP contribution in [-0.4, -0.2) is 43.7 Å². The van der Waals surface area contributed by atoms with E-state index in [0.29, 0.717) is 29.6 Å². The molecule has 0 unspecified atom stereocenters. The molecule has 1 aliphatic rings. The Morgan fingerprint density at radius 2 is 2.12 bits per heavy atom. The van der Waals surface area contributed by atoms with Crippen LogP contribution in [0.2, 0.25) is 0 Å². The van der Waals surface area contributed by atoms with Gasteiger partial charge >= 0.3 is 6.01 Å². The number of nitrogens with one attached hydrogen (secondary N) is 1. The van der Waals surface area contributed by atoms with Gasteiger partial charge in [-0.25, -0.2) is 0 Å². The van der Waals surface area contributed by atoms with Crippen LogP contribution < -0.4 is 24.4 Å². The Labute approximate surface area is 139 Å². The lowest BCUT2D eigenvalue weighted by Gasteiger charge is -2.28.